The molecule has 0 radical (unpaired) electrons. The highest BCUT2D eigenvalue weighted by Gasteiger charge is 2.11. The third-order valence-electron chi connectivity index (χ3n) is 1.59. The van der Waals surface area contributed by atoms with Crippen LogP contribution in [-0.4, -0.2) is 20.2 Å². The Morgan fingerprint density at radius 1 is 1.38 bits per heavy atom. The zero-order valence-electron chi connectivity index (χ0n) is 7.40. The van der Waals surface area contributed by atoms with Gasteiger partial charge in [-0.05, 0) is 18.2 Å². The minimum atomic E-state index is -0.423. The second-order valence-corrected chi connectivity index (χ2v) is 2.89. The molecule has 3 nitrogen and oxygen atoms in total. The molecule has 1 aromatic carbocycles. The van der Waals surface area contributed by atoms with E-state index < -0.39 is 5.97 Å². The van der Waals surface area contributed by atoms with Gasteiger partial charge in [0.1, 0.15) is 11.3 Å². The maximum absolute atomic E-state index is 11.2. The summed E-state index contributed by atoms with van der Waals surface area (Å²) in [6.07, 6.45) is 0. The van der Waals surface area contributed by atoms with Crippen molar-refractivity contribution in [3.05, 3.63) is 23.8 Å². The maximum atomic E-state index is 11.2. The molecule has 0 saturated heterocycles. The number of ether oxygens (including phenoxy) is 2. The topological polar surface area (TPSA) is 35.5 Å². The average Bonchev–Trinajstić information content (AvgIpc) is 2.16. The molecular formula is C9H10O3S. The smallest absolute Gasteiger partial charge is 0.341 e. The minimum absolute atomic E-state index is 0.387. The number of carbonyl (C=O) groups is 1. The zero-order valence-corrected chi connectivity index (χ0v) is 8.30. The van der Waals surface area contributed by atoms with Crippen LogP contribution in [0.4, 0.5) is 0 Å². The van der Waals surface area contributed by atoms with E-state index in [4.69, 9.17) is 4.74 Å². The van der Waals surface area contributed by atoms with Crippen LogP contribution in [-0.2, 0) is 4.74 Å². The molecule has 0 spiro atoms. The number of methoxy groups -OCH3 is 2. The van der Waals surface area contributed by atoms with Gasteiger partial charge in [-0.25, -0.2) is 4.79 Å². The summed E-state index contributed by atoms with van der Waals surface area (Å²) in [6.45, 7) is 0. The van der Waals surface area contributed by atoms with E-state index in [0.717, 1.165) is 0 Å². The van der Waals surface area contributed by atoms with Crippen LogP contribution < -0.4 is 4.74 Å². The van der Waals surface area contributed by atoms with Crippen LogP contribution >= 0.6 is 12.6 Å². The Morgan fingerprint density at radius 3 is 2.62 bits per heavy atom. The molecule has 0 aromatic heterocycles. The molecule has 0 unspecified atom stereocenters. The number of hydrogen-bond donors (Lipinski definition) is 1. The van der Waals surface area contributed by atoms with Crippen molar-refractivity contribution in [3.8, 4) is 5.75 Å². The number of esters is 1. The predicted molar refractivity (Wildman–Crippen MR) is 51.6 cm³/mol. The molecule has 0 bridgehead atoms. The van der Waals surface area contributed by atoms with Crippen molar-refractivity contribution in [2.75, 3.05) is 14.2 Å². The van der Waals surface area contributed by atoms with E-state index in [1.54, 1.807) is 18.2 Å². The first kappa shape index (κ1) is 9.92. The number of thiol groups is 1. The van der Waals surface area contributed by atoms with Gasteiger partial charge in [0.25, 0.3) is 0 Å². The molecule has 1 rings (SSSR count). The van der Waals surface area contributed by atoms with Crippen molar-refractivity contribution in [2.24, 2.45) is 0 Å². The summed E-state index contributed by atoms with van der Waals surface area (Å²) in [6, 6.07) is 5.02. The highest BCUT2D eigenvalue weighted by Crippen LogP contribution is 2.22. The molecule has 0 N–H and O–H groups in total. The molecule has 1 aromatic rings. The van der Waals surface area contributed by atoms with Crippen molar-refractivity contribution in [2.45, 2.75) is 4.90 Å². The highest BCUT2D eigenvalue weighted by molar-refractivity contribution is 7.80. The van der Waals surface area contributed by atoms with E-state index >= 15 is 0 Å². The Morgan fingerprint density at radius 2 is 2.08 bits per heavy atom. The van der Waals surface area contributed by atoms with Gasteiger partial charge in [-0.1, -0.05) is 0 Å². The minimum Gasteiger partial charge on any atom is -0.496 e. The molecule has 0 heterocycles. The molecule has 0 atom stereocenters. The molecule has 0 saturated carbocycles. The average molecular weight is 198 g/mol. The fraction of sp³-hybridized carbons (Fsp3) is 0.222. The van der Waals surface area contributed by atoms with Crippen LogP contribution in [0.5, 0.6) is 5.75 Å². The number of hydrogen-bond acceptors (Lipinski definition) is 4. The van der Waals surface area contributed by atoms with Gasteiger partial charge in [-0.3, -0.25) is 0 Å². The summed E-state index contributed by atoms with van der Waals surface area (Å²) in [5.74, 6) is 0.0670. The van der Waals surface area contributed by atoms with Gasteiger partial charge in [0, 0.05) is 4.90 Å². The quantitative estimate of drug-likeness (QED) is 0.581. The molecule has 0 aliphatic carbocycles. The lowest BCUT2D eigenvalue weighted by Crippen LogP contribution is -2.03. The lowest BCUT2D eigenvalue weighted by molar-refractivity contribution is 0.0597. The first-order valence-electron chi connectivity index (χ1n) is 3.64. The molecule has 4 heteroatoms. The zero-order chi connectivity index (χ0) is 9.84. The van der Waals surface area contributed by atoms with Gasteiger partial charge in [0.15, 0.2) is 0 Å². The number of benzene rings is 1. The van der Waals surface area contributed by atoms with E-state index in [0.29, 0.717) is 16.2 Å². The fourth-order valence-corrected chi connectivity index (χ4v) is 1.17. The standard InChI is InChI=1S/C9H10O3S/c1-11-8-4-3-6(13)5-7(8)9(10)12-2/h3-5,13H,1-2H3. The lowest BCUT2D eigenvalue weighted by Gasteiger charge is -2.06. The van der Waals surface area contributed by atoms with Crippen molar-refractivity contribution in [3.63, 3.8) is 0 Å². The number of rotatable bonds is 2. The molecule has 0 aliphatic heterocycles. The van der Waals surface area contributed by atoms with Crippen LogP contribution in [0.3, 0.4) is 0 Å². The second-order valence-electron chi connectivity index (χ2n) is 2.38. The fourth-order valence-electron chi connectivity index (χ4n) is 0.965. The van der Waals surface area contributed by atoms with Gasteiger partial charge in [-0.2, -0.15) is 0 Å². The Bertz CT molecular complexity index is 323. The SMILES string of the molecule is COC(=O)c1cc(S)ccc1OC. The van der Waals surface area contributed by atoms with E-state index in [-0.39, 0.29) is 0 Å². The van der Waals surface area contributed by atoms with E-state index in [1.807, 2.05) is 0 Å². The number of carbonyl (C=O) groups excluding carboxylic acids is 1. The summed E-state index contributed by atoms with van der Waals surface area (Å²) < 4.78 is 9.57. The van der Waals surface area contributed by atoms with Crippen LogP contribution in [0.15, 0.2) is 23.1 Å². The maximum Gasteiger partial charge on any atom is 0.341 e. The van der Waals surface area contributed by atoms with Crippen LogP contribution in [0.2, 0.25) is 0 Å². The highest BCUT2D eigenvalue weighted by atomic mass is 32.1. The second kappa shape index (κ2) is 4.18. The molecule has 0 aliphatic rings. The Balaban J connectivity index is 3.15. The van der Waals surface area contributed by atoms with Gasteiger partial charge in [0.2, 0.25) is 0 Å². The molecule has 0 amide bonds. The van der Waals surface area contributed by atoms with Gasteiger partial charge in [-0.15, -0.1) is 12.6 Å². The summed E-state index contributed by atoms with van der Waals surface area (Å²) in [4.78, 5) is 11.9. The Kier molecular flexibility index (Phi) is 3.19. The van der Waals surface area contributed by atoms with Gasteiger partial charge >= 0.3 is 5.97 Å². The van der Waals surface area contributed by atoms with Crippen molar-refractivity contribution in [1.29, 1.82) is 0 Å². The third-order valence-corrected chi connectivity index (χ3v) is 1.87. The van der Waals surface area contributed by atoms with Gasteiger partial charge < -0.3 is 9.47 Å². The third kappa shape index (κ3) is 2.15. The van der Waals surface area contributed by atoms with E-state index in [9.17, 15) is 4.79 Å². The Labute approximate surface area is 82.1 Å². The first-order chi connectivity index (χ1) is 6.19. The van der Waals surface area contributed by atoms with E-state index in [2.05, 4.69) is 17.4 Å². The summed E-state index contributed by atoms with van der Waals surface area (Å²) in [5, 5.41) is 0. The Hall–Kier alpha value is -1.16. The van der Waals surface area contributed by atoms with Crippen LogP contribution in [0.25, 0.3) is 0 Å². The van der Waals surface area contributed by atoms with Crippen LogP contribution in [0, 0.1) is 0 Å². The summed E-state index contributed by atoms with van der Waals surface area (Å²) in [7, 11) is 2.83. The van der Waals surface area contributed by atoms with Crippen LogP contribution in [0.1, 0.15) is 10.4 Å². The van der Waals surface area contributed by atoms with Crippen molar-refractivity contribution < 1.29 is 14.3 Å². The lowest BCUT2D eigenvalue weighted by atomic mass is 10.2. The molecule has 70 valence electrons. The van der Waals surface area contributed by atoms with Crippen molar-refractivity contribution >= 4 is 18.6 Å². The summed E-state index contributed by atoms with van der Waals surface area (Å²) in [5.41, 5.74) is 0.387. The predicted octanol–water partition coefficient (Wildman–Crippen LogP) is 1.77. The first-order valence-corrected chi connectivity index (χ1v) is 4.09. The normalized spacial score (nSPS) is 9.46. The molecular weight excluding hydrogens is 188 g/mol. The van der Waals surface area contributed by atoms with E-state index in [1.165, 1.54) is 14.2 Å². The van der Waals surface area contributed by atoms with Crippen molar-refractivity contribution in [1.82, 2.24) is 0 Å². The monoisotopic (exact) mass is 198 g/mol. The largest absolute Gasteiger partial charge is 0.496 e. The van der Waals surface area contributed by atoms with Gasteiger partial charge in [0.05, 0.1) is 14.2 Å². The summed E-state index contributed by atoms with van der Waals surface area (Å²) >= 11 is 4.11. The molecule has 13 heavy (non-hydrogen) atoms. The molecule has 0 fully saturated rings.